The molecular formula is C31H34F2N4O3. The summed E-state index contributed by atoms with van der Waals surface area (Å²) in [4.78, 5) is 19.9. The molecule has 4 fully saturated rings. The SMILES string of the molecule is COc1ccc(CNC(C)C2CN(c3c(C(=O)NC45CC(C4)C5)cncc3-c3cc(F)cc(F)c3)C2)c(OC)c1. The van der Waals surface area contributed by atoms with Gasteiger partial charge in [0.2, 0.25) is 0 Å². The number of hydrogen-bond donors (Lipinski definition) is 2. The third-order valence-corrected chi connectivity index (χ3v) is 8.79. The first-order valence-corrected chi connectivity index (χ1v) is 13.7. The van der Waals surface area contributed by atoms with E-state index in [9.17, 15) is 13.6 Å². The fourth-order valence-electron chi connectivity index (χ4n) is 6.27. The first kappa shape index (κ1) is 26.5. The van der Waals surface area contributed by atoms with Crippen LogP contribution < -0.4 is 25.0 Å². The first-order chi connectivity index (χ1) is 19.3. The highest BCUT2D eigenvalue weighted by Gasteiger charge is 2.57. The number of carbonyl (C=O) groups excluding carboxylic acids is 1. The van der Waals surface area contributed by atoms with Crippen LogP contribution in [-0.2, 0) is 6.54 Å². The van der Waals surface area contributed by atoms with Crippen molar-refractivity contribution in [2.24, 2.45) is 11.8 Å². The van der Waals surface area contributed by atoms with E-state index in [1.165, 1.54) is 12.1 Å². The molecule has 4 aliphatic rings. The van der Waals surface area contributed by atoms with Crippen molar-refractivity contribution in [1.29, 1.82) is 0 Å². The summed E-state index contributed by atoms with van der Waals surface area (Å²) in [5.74, 6) is 1.02. The Balaban J connectivity index is 1.21. The van der Waals surface area contributed by atoms with Crippen LogP contribution in [0.25, 0.3) is 11.1 Å². The molecule has 1 atom stereocenters. The highest BCUT2D eigenvalue weighted by atomic mass is 19.1. The van der Waals surface area contributed by atoms with Gasteiger partial charge in [0.15, 0.2) is 0 Å². The molecule has 0 spiro atoms. The van der Waals surface area contributed by atoms with Gasteiger partial charge in [-0.3, -0.25) is 9.78 Å². The van der Waals surface area contributed by atoms with Crippen molar-refractivity contribution in [1.82, 2.24) is 15.6 Å². The predicted octanol–water partition coefficient (Wildman–Crippen LogP) is 4.94. The number of carbonyl (C=O) groups is 1. The maximum atomic E-state index is 14.2. The van der Waals surface area contributed by atoms with E-state index in [0.29, 0.717) is 47.9 Å². The van der Waals surface area contributed by atoms with Crippen LogP contribution in [0.5, 0.6) is 11.5 Å². The number of pyridine rings is 1. The normalized spacial score (nSPS) is 22.0. The van der Waals surface area contributed by atoms with Gasteiger partial charge in [-0.05, 0) is 55.9 Å². The van der Waals surface area contributed by atoms with Gasteiger partial charge in [-0.25, -0.2) is 8.78 Å². The van der Waals surface area contributed by atoms with Crippen molar-refractivity contribution < 1.29 is 23.0 Å². The molecule has 1 unspecified atom stereocenters. The molecule has 1 aliphatic heterocycles. The Kier molecular flexibility index (Phi) is 6.86. The number of halogens is 2. The Hall–Kier alpha value is -3.72. The van der Waals surface area contributed by atoms with Crippen molar-refractivity contribution in [3.8, 4) is 22.6 Å². The Labute approximate surface area is 232 Å². The van der Waals surface area contributed by atoms with Crippen LogP contribution in [0, 0.1) is 23.5 Å². The van der Waals surface area contributed by atoms with Crippen molar-refractivity contribution in [2.75, 3.05) is 32.2 Å². The number of hydrogen-bond acceptors (Lipinski definition) is 6. The molecule has 1 saturated heterocycles. The number of rotatable bonds is 10. The summed E-state index contributed by atoms with van der Waals surface area (Å²) in [5.41, 5.74) is 2.95. The maximum Gasteiger partial charge on any atom is 0.255 e. The molecule has 2 bridgehead atoms. The quantitative estimate of drug-likeness (QED) is 0.374. The fourth-order valence-corrected chi connectivity index (χ4v) is 6.27. The number of anilines is 1. The number of benzene rings is 2. The van der Waals surface area contributed by atoms with Crippen LogP contribution in [0.3, 0.4) is 0 Å². The number of nitrogens with zero attached hydrogens (tertiary/aromatic N) is 2. The molecular weight excluding hydrogens is 514 g/mol. The Bertz CT molecular complexity index is 1400. The average molecular weight is 549 g/mol. The van der Waals surface area contributed by atoms with Gasteiger partial charge < -0.3 is 25.0 Å². The second kappa shape index (κ2) is 10.4. The zero-order valence-electron chi connectivity index (χ0n) is 23.0. The number of methoxy groups -OCH3 is 2. The molecule has 3 aliphatic carbocycles. The minimum atomic E-state index is -0.669. The molecule has 7 nitrogen and oxygen atoms in total. The molecule has 40 heavy (non-hydrogen) atoms. The molecule has 2 aromatic carbocycles. The van der Waals surface area contributed by atoms with Crippen LogP contribution in [0.15, 0.2) is 48.8 Å². The molecule has 210 valence electrons. The average Bonchev–Trinajstić information content (AvgIpc) is 2.87. The minimum Gasteiger partial charge on any atom is -0.497 e. The lowest BCUT2D eigenvalue weighted by atomic mass is 9.50. The Morgan fingerprint density at radius 3 is 2.42 bits per heavy atom. The third kappa shape index (κ3) is 4.87. The summed E-state index contributed by atoms with van der Waals surface area (Å²) in [6, 6.07) is 9.37. The van der Waals surface area contributed by atoms with E-state index in [1.54, 1.807) is 26.6 Å². The van der Waals surface area contributed by atoms with E-state index in [1.807, 2.05) is 18.2 Å². The number of nitrogens with one attached hydrogen (secondary N) is 2. The van der Waals surface area contributed by atoms with E-state index < -0.39 is 11.6 Å². The standard InChI is InChI=1S/C31H34F2N4O3/c1-18(35-13-20-4-5-25(39-2)9-28(20)40-3)22-16-37(17-22)29-26(21-6-23(32)8-24(33)7-21)14-34-15-27(29)30(38)36-31-10-19(11-31)12-31/h4-9,14-15,18-19,22,35H,10-13,16-17H2,1-3H3,(H,36,38). The molecule has 0 radical (unpaired) electrons. The summed E-state index contributed by atoms with van der Waals surface area (Å²) in [6.07, 6.45) is 6.21. The highest BCUT2D eigenvalue weighted by Crippen LogP contribution is 2.57. The van der Waals surface area contributed by atoms with Gasteiger partial charge in [-0.15, -0.1) is 0 Å². The number of ether oxygens (including phenoxy) is 2. The fraction of sp³-hybridized carbons (Fsp3) is 0.419. The molecule has 1 aromatic heterocycles. The van der Waals surface area contributed by atoms with Crippen molar-refractivity contribution >= 4 is 11.6 Å². The molecule has 3 saturated carbocycles. The molecule has 2 N–H and O–H groups in total. The van der Waals surface area contributed by atoms with Crippen molar-refractivity contribution in [3.05, 3.63) is 71.6 Å². The minimum absolute atomic E-state index is 0.0988. The van der Waals surface area contributed by atoms with Gasteiger partial charge in [0, 0.05) is 72.8 Å². The van der Waals surface area contributed by atoms with E-state index in [0.717, 1.165) is 48.3 Å². The second-order valence-corrected chi connectivity index (χ2v) is 11.5. The Morgan fingerprint density at radius 2 is 1.80 bits per heavy atom. The maximum absolute atomic E-state index is 14.2. The molecule has 3 aromatic rings. The van der Waals surface area contributed by atoms with Gasteiger partial charge >= 0.3 is 0 Å². The zero-order valence-corrected chi connectivity index (χ0v) is 23.0. The number of amides is 1. The van der Waals surface area contributed by atoms with Crippen molar-refractivity contribution in [2.45, 2.75) is 44.3 Å². The third-order valence-electron chi connectivity index (χ3n) is 8.79. The predicted molar refractivity (Wildman–Crippen MR) is 149 cm³/mol. The van der Waals surface area contributed by atoms with E-state index in [4.69, 9.17) is 9.47 Å². The van der Waals surface area contributed by atoms with Gasteiger partial charge in [0.05, 0.1) is 25.5 Å². The zero-order chi connectivity index (χ0) is 28.0. The summed E-state index contributed by atoms with van der Waals surface area (Å²) in [6.45, 7) is 4.15. The molecule has 1 amide bonds. The van der Waals surface area contributed by atoms with Crippen LogP contribution in [0.1, 0.15) is 42.1 Å². The smallest absolute Gasteiger partial charge is 0.255 e. The van der Waals surface area contributed by atoms with E-state index in [2.05, 4.69) is 27.4 Å². The van der Waals surface area contributed by atoms with E-state index in [-0.39, 0.29) is 17.5 Å². The van der Waals surface area contributed by atoms with Crippen LogP contribution in [0.2, 0.25) is 0 Å². The monoisotopic (exact) mass is 548 g/mol. The number of aromatic nitrogens is 1. The summed E-state index contributed by atoms with van der Waals surface area (Å²) in [7, 11) is 3.27. The van der Waals surface area contributed by atoms with Gasteiger partial charge in [-0.1, -0.05) is 6.07 Å². The van der Waals surface area contributed by atoms with Crippen LogP contribution >= 0.6 is 0 Å². The molecule has 7 rings (SSSR count). The molecule has 9 heteroatoms. The lowest BCUT2D eigenvalue weighted by Gasteiger charge is -2.61. The summed E-state index contributed by atoms with van der Waals surface area (Å²) < 4.78 is 39.2. The first-order valence-electron chi connectivity index (χ1n) is 13.7. The molecule has 2 heterocycles. The van der Waals surface area contributed by atoms with Gasteiger partial charge in [0.25, 0.3) is 5.91 Å². The van der Waals surface area contributed by atoms with Crippen molar-refractivity contribution in [3.63, 3.8) is 0 Å². The second-order valence-electron chi connectivity index (χ2n) is 11.5. The largest absolute Gasteiger partial charge is 0.497 e. The van der Waals surface area contributed by atoms with E-state index >= 15 is 0 Å². The van der Waals surface area contributed by atoms with Crippen LogP contribution in [0.4, 0.5) is 14.5 Å². The highest BCUT2D eigenvalue weighted by molar-refractivity contribution is 6.03. The lowest BCUT2D eigenvalue weighted by molar-refractivity contribution is -0.0438. The topological polar surface area (TPSA) is 75.7 Å². The Morgan fingerprint density at radius 1 is 1.07 bits per heavy atom. The van der Waals surface area contributed by atoms with Gasteiger partial charge in [-0.2, -0.15) is 0 Å². The summed E-state index contributed by atoms with van der Waals surface area (Å²) >= 11 is 0. The lowest BCUT2D eigenvalue weighted by Crippen LogP contribution is -2.68. The van der Waals surface area contributed by atoms with Gasteiger partial charge in [0.1, 0.15) is 23.1 Å². The summed E-state index contributed by atoms with van der Waals surface area (Å²) in [5, 5.41) is 6.82. The van der Waals surface area contributed by atoms with Crippen LogP contribution in [-0.4, -0.2) is 49.8 Å².